The maximum absolute atomic E-state index is 11.9. The van der Waals surface area contributed by atoms with Gasteiger partial charge in [-0.25, -0.2) is 5.43 Å². The summed E-state index contributed by atoms with van der Waals surface area (Å²) < 4.78 is 10.6. The van der Waals surface area contributed by atoms with E-state index in [9.17, 15) is 4.79 Å². The molecule has 0 heterocycles. The van der Waals surface area contributed by atoms with E-state index in [4.69, 9.17) is 9.47 Å². The van der Waals surface area contributed by atoms with Crippen molar-refractivity contribution in [1.82, 2.24) is 5.43 Å². The van der Waals surface area contributed by atoms with Gasteiger partial charge in [0.2, 0.25) is 0 Å². The number of hydrogen-bond acceptors (Lipinski definition) is 4. The van der Waals surface area contributed by atoms with Gasteiger partial charge in [0.25, 0.3) is 5.91 Å². The minimum Gasteiger partial charge on any atom is -0.497 e. The number of ether oxygens (including phenoxy) is 2. The Hall–Kier alpha value is -2.82. The average molecular weight is 326 g/mol. The SMILES string of the molecule is COc1ccc(C(C)=NNC(=O)COc2ccc(C)cc2C)cc1. The summed E-state index contributed by atoms with van der Waals surface area (Å²) in [6.45, 7) is 5.71. The predicted molar refractivity (Wildman–Crippen MR) is 94.8 cm³/mol. The van der Waals surface area contributed by atoms with Crippen LogP contribution in [-0.4, -0.2) is 25.3 Å². The zero-order chi connectivity index (χ0) is 17.5. The van der Waals surface area contributed by atoms with Crippen LogP contribution in [-0.2, 0) is 4.79 Å². The van der Waals surface area contributed by atoms with Crippen LogP contribution in [0.5, 0.6) is 11.5 Å². The molecule has 1 N–H and O–H groups in total. The lowest BCUT2D eigenvalue weighted by Gasteiger charge is -2.09. The number of rotatable bonds is 6. The van der Waals surface area contributed by atoms with Crippen LogP contribution in [0.4, 0.5) is 0 Å². The van der Waals surface area contributed by atoms with E-state index in [0.717, 1.165) is 22.4 Å². The van der Waals surface area contributed by atoms with Gasteiger partial charge in [0.05, 0.1) is 12.8 Å². The molecule has 0 aliphatic heterocycles. The van der Waals surface area contributed by atoms with Crippen molar-refractivity contribution >= 4 is 11.6 Å². The molecule has 2 aromatic carbocycles. The van der Waals surface area contributed by atoms with Crippen molar-refractivity contribution in [3.05, 3.63) is 59.2 Å². The molecule has 0 spiro atoms. The van der Waals surface area contributed by atoms with Gasteiger partial charge in [-0.15, -0.1) is 0 Å². The topological polar surface area (TPSA) is 59.9 Å². The minimum atomic E-state index is -0.303. The van der Waals surface area contributed by atoms with Crippen molar-refractivity contribution in [2.75, 3.05) is 13.7 Å². The maximum Gasteiger partial charge on any atom is 0.277 e. The molecular formula is C19H22N2O3. The first kappa shape index (κ1) is 17.5. The molecule has 0 aliphatic rings. The third-order valence-corrected chi connectivity index (χ3v) is 3.55. The highest BCUT2D eigenvalue weighted by atomic mass is 16.5. The number of amides is 1. The monoisotopic (exact) mass is 326 g/mol. The Morgan fingerprint density at radius 2 is 1.83 bits per heavy atom. The van der Waals surface area contributed by atoms with E-state index >= 15 is 0 Å². The molecule has 0 fully saturated rings. The zero-order valence-corrected chi connectivity index (χ0v) is 14.4. The lowest BCUT2D eigenvalue weighted by atomic mass is 10.1. The van der Waals surface area contributed by atoms with Crippen LogP contribution in [0.2, 0.25) is 0 Å². The molecule has 0 radical (unpaired) electrons. The van der Waals surface area contributed by atoms with Crippen LogP contribution < -0.4 is 14.9 Å². The van der Waals surface area contributed by atoms with Crippen LogP contribution in [0.1, 0.15) is 23.6 Å². The minimum absolute atomic E-state index is 0.0801. The molecule has 0 aliphatic carbocycles. The summed E-state index contributed by atoms with van der Waals surface area (Å²) in [6.07, 6.45) is 0. The molecular weight excluding hydrogens is 304 g/mol. The van der Waals surface area contributed by atoms with Crippen molar-refractivity contribution in [2.24, 2.45) is 5.10 Å². The van der Waals surface area contributed by atoms with Gasteiger partial charge in [-0.2, -0.15) is 5.10 Å². The summed E-state index contributed by atoms with van der Waals surface area (Å²) in [7, 11) is 1.62. The van der Waals surface area contributed by atoms with Crippen LogP contribution in [0, 0.1) is 13.8 Å². The van der Waals surface area contributed by atoms with Gasteiger partial charge in [0, 0.05) is 0 Å². The normalized spacial score (nSPS) is 11.1. The smallest absolute Gasteiger partial charge is 0.277 e. The van der Waals surface area contributed by atoms with Gasteiger partial charge in [0.15, 0.2) is 6.61 Å². The molecule has 0 aromatic heterocycles. The highest BCUT2D eigenvalue weighted by Gasteiger charge is 2.05. The Morgan fingerprint density at radius 1 is 1.12 bits per heavy atom. The number of hydrogen-bond donors (Lipinski definition) is 1. The average Bonchev–Trinajstić information content (AvgIpc) is 2.59. The van der Waals surface area contributed by atoms with E-state index in [-0.39, 0.29) is 12.5 Å². The first-order valence-electron chi connectivity index (χ1n) is 7.67. The second-order valence-corrected chi connectivity index (χ2v) is 5.52. The second kappa shape index (κ2) is 8.15. The molecule has 0 bridgehead atoms. The van der Waals surface area contributed by atoms with Crippen LogP contribution >= 0.6 is 0 Å². The Morgan fingerprint density at radius 3 is 2.46 bits per heavy atom. The molecule has 0 saturated heterocycles. The predicted octanol–water partition coefficient (Wildman–Crippen LogP) is 3.23. The van der Waals surface area contributed by atoms with E-state index in [1.807, 2.05) is 63.2 Å². The van der Waals surface area contributed by atoms with E-state index in [0.29, 0.717) is 11.5 Å². The van der Waals surface area contributed by atoms with Crippen molar-refractivity contribution in [3.63, 3.8) is 0 Å². The summed E-state index contributed by atoms with van der Waals surface area (Å²) in [5.74, 6) is 1.17. The van der Waals surface area contributed by atoms with Crippen LogP contribution in [0.3, 0.4) is 0 Å². The number of carbonyl (C=O) groups is 1. The number of nitrogens with one attached hydrogen (secondary N) is 1. The molecule has 0 atom stereocenters. The van der Waals surface area contributed by atoms with E-state index in [1.54, 1.807) is 7.11 Å². The zero-order valence-electron chi connectivity index (χ0n) is 14.4. The first-order chi connectivity index (χ1) is 11.5. The van der Waals surface area contributed by atoms with Crippen molar-refractivity contribution in [2.45, 2.75) is 20.8 Å². The summed E-state index contributed by atoms with van der Waals surface area (Å²) in [5, 5.41) is 4.09. The number of nitrogens with zero attached hydrogens (tertiary/aromatic N) is 1. The van der Waals surface area contributed by atoms with E-state index < -0.39 is 0 Å². The molecule has 24 heavy (non-hydrogen) atoms. The molecule has 1 amide bonds. The van der Waals surface area contributed by atoms with Gasteiger partial charge in [-0.05, 0) is 62.2 Å². The Balaban J connectivity index is 1.89. The summed E-state index contributed by atoms with van der Waals surface area (Å²) in [6, 6.07) is 13.3. The molecule has 126 valence electrons. The lowest BCUT2D eigenvalue weighted by molar-refractivity contribution is -0.123. The molecule has 0 saturated carbocycles. The number of methoxy groups -OCH3 is 1. The third-order valence-electron chi connectivity index (χ3n) is 3.55. The molecule has 2 aromatic rings. The number of hydrazone groups is 1. The molecule has 2 rings (SSSR count). The fraction of sp³-hybridized carbons (Fsp3) is 0.263. The van der Waals surface area contributed by atoms with Gasteiger partial charge in [-0.3, -0.25) is 4.79 Å². The molecule has 5 heteroatoms. The fourth-order valence-electron chi connectivity index (χ4n) is 2.18. The Labute approximate surface area is 142 Å². The Bertz CT molecular complexity index is 737. The quantitative estimate of drug-likeness (QED) is 0.655. The van der Waals surface area contributed by atoms with Crippen molar-refractivity contribution in [1.29, 1.82) is 0 Å². The van der Waals surface area contributed by atoms with Gasteiger partial charge in [0.1, 0.15) is 11.5 Å². The van der Waals surface area contributed by atoms with Gasteiger partial charge < -0.3 is 9.47 Å². The Kier molecular flexibility index (Phi) is 5.95. The van der Waals surface area contributed by atoms with E-state index in [2.05, 4.69) is 10.5 Å². The lowest BCUT2D eigenvalue weighted by Crippen LogP contribution is -2.25. The number of benzene rings is 2. The second-order valence-electron chi connectivity index (χ2n) is 5.52. The first-order valence-corrected chi connectivity index (χ1v) is 7.67. The molecule has 0 unspecified atom stereocenters. The summed E-state index contributed by atoms with van der Waals surface area (Å²) >= 11 is 0. The van der Waals surface area contributed by atoms with Crippen molar-refractivity contribution in [3.8, 4) is 11.5 Å². The summed E-state index contributed by atoms with van der Waals surface area (Å²) in [5.41, 5.74) is 6.28. The van der Waals surface area contributed by atoms with Gasteiger partial charge >= 0.3 is 0 Å². The van der Waals surface area contributed by atoms with Gasteiger partial charge in [-0.1, -0.05) is 17.7 Å². The molecule has 5 nitrogen and oxygen atoms in total. The van der Waals surface area contributed by atoms with Crippen LogP contribution in [0.15, 0.2) is 47.6 Å². The largest absolute Gasteiger partial charge is 0.497 e. The third kappa shape index (κ3) is 4.84. The highest BCUT2D eigenvalue weighted by molar-refractivity contribution is 5.99. The van der Waals surface area contributed by atoms with Crippen LogP contribution in [0.25, 0.3) is 0 Å². The number of aryl methyl sites for hydroxylation is 2. The van der Waals surface area contributed by atoms with E-state index in [1.165, 1.54) is 0 Å². The fourth-order valence-corrected chi connectivity index (χ4v) is 2.18. The maximum atomic E-state index is 11.9. The van der Waals surface area contributed by atoms with Crippen molar-refractivity contribution < 1.29 is 14.3 Å². The number of carbonyl (C=O) groups excluding carboxylic acids is 1. The highest BCUT2D eigenvalue weighted by Crippen LogP contribution is 2.18. The summed E-state index contributed by atoms with van der Waals surface area (Å²) in [4.78, 5) is 11.9. The standard InChI is InChI=1S/C19H22N2O3/c1-13-5-10-18(14(2)11-13)24-12-19(22)21-20-15(3)16-6-8-17(23-4)9-7-16/h5-11H,12H2,1-4H3,(H,21,22).